The van der Waals surface area contributed by atoms with E-state index < -0.39 is 0 Å². The molecule has 0 aromatic heterocycles. The van der Waals surface area contributed by atoms with Gasteiger partial charge >= 0.3 is 0 Å². The summed E-state index contributed by atoms with van der Waals surface area (Å²) in [6.45, 7) is 3.44. The summed E-state index contributed by atoms with van der Waals surface area (Å²) in [5, 5.41) is 6.93. The third kappa shape index (κ3) is 0.501. The fourth-order valence-corrected chi connectivity index (χ4v) is 1.76. The summed E-state index contributed by atoms with van der Waals surface area (Å²) in [6, 6.07) is 2.28. The molecule has 46 valence electrons. The van der Waals surface area contributed by atoms with E-state index in [9.17, 15) is 0 Å². The molecular formula is C6H12N2. The molecule has 2 aliphatic heterocycles. The molecule has 0 aromatic carbocycles. The van der Waals surface area contributed by atoms with Gasteiger partial charge in [0.2, 0.25) is 0 Å². The van der Waals surface area contributed by atoms with E-state index >= 15 is 0 Å². The van der Waals surface area contributed by atoms with Gasteiger partial charge in [-0.25, -0.2) is 0 Å². The van der Waals surface area contributed by atoms with Gasteiger partial charge in [-0.15, -0.1) is 0 Å². The number of rotatable bonds is 0. The Bertz CT molecular complexity index is 101. The summed E-state index contributed by atoms with van der Waals surface area (Å²) >= 11 is 0. The largest absolute Gasteiger partial charge is 0.311 e. The van der Waals surface area contributed by atoms with Gasteiger partial charge in [-0.1, -0.05) is 0 Å². The van der Waals surface area contributed by atoms with Crippen molar-refractivity contribution in [3.8, 4) is 0 Å². The maximum Gasteiger partial charge on any atom is 0.0234 e. The van der Waals surface area contributed by atoms with E-state index in [0.717, 1.165) is 12.1 Å². The molecule has 2 heterocycles. The molecule has 2 rings (SSSR count). The quantitative estimate of drug-likeness (QED) is 0.450. The van der Waals surface area contributed by atoms with Crippen molar-refractivity contribution >= 4 is 0 Å². The Balaban J connectivity index is 2.11. The van der Waals surface area contributed by atoms with Crippen molar-refractivity contribution in [3.05, 3.63) is 0 Å². The fourth-order valence-electron chi connectivity index (χ4n) is 1.76. The van der Waals surface area contributed by atoms with Crippen molar-refractivity contribution < 1.29 is 0 Å². The number of nitrogens with one attached hydrogen (secondary N) is 2. The van der Waals surface area contributed by atoms with Crippen molar-refractivity contribution in [1.82, 2.24) is 10.6 Å². The third-order valence-electron chi connectivity index (χ3n) is 2.27. The minimum Gasteiger partial charge on any atom is -0.311 e. The zero-order chi connectivity index (χ0) is 5.56. The number of hydrogen-bond donors (Lipinski definition) is 2. The molecule has 0 saturated carbocycles. The first-order valence-corrected chi connectivity index (χ1v) is 3.36. The summed E-state index contributed by atoms with van der Waals surface area (Å²) in [5.74, 6) is 0. The molecule has 0 aliphatic carbocycles. The zero-order valence-corrected chi connectivity index (χ0v) is 5.15. The van der Waals surface area contributed by atoms with E-state index in [1.807, 2.05) is 0 Å². The Morgan fingerprint density at radius 3 is 2.62 bits per heavy atom. The average molecular weight is 112 g/mol. The minimum atomic E-state index is 0.716. The lowest BCUT2D eigenvalue weighted by Gasteiger charge is -2.19. The predicted molar refractivity (Wildman–Crippen MR) is 32.8 cm³/mol. The summed E-state index contributed by atoms with van der Waals surface area (Å²) in [5.41, 5.74) is 0. The van der Waals surface area contributed by atoms with Crippen LogP contribution in [0.1, 0.15) is 13.3 Å². The smallest absolute Gasteiger partial charge is 0.0234 e. The van der Waals surface area contributed by atoms with E-state index in [0.29, 0.717) is 6.04 Å². The van der Waals surface area contributed by atoms with Crippen LogP contribution < -0.4 is 10.6 Å². The molecule has 0 aromatic rings. The highest BCUT2D eigenvalue weighted by Crippen LogP contribution is 2.17. The molecule has 2 N–H and O–H groups in total. The molecule has 0 spiro atoms. The highest BCUT2D eigenvalue weighted by atomic mass is 15.2. The Morgan fingerprint density at radius 1 is 1.50 bits per heavy atom. The van der Waals surface area contributed by atoms with Crippen LogP contribution in [0.5, 0.6) is 0 Å². The van der Waals surface area contributed by atoms with Crippen LogP contribution in [0.2, 0.25) is 0 Å². The Kier molecular flexibility index (Phi) is 0.866. The summed E-state index contributed by atoms with van der Waals surface area (Å²) in [6.07, 6.45) is 1.35. The molecule has 2 bridgehead atoms. The number of piperazine rings is 1. The fraction of sp³-hybridized carbons (Fsp3) is 1.00. The van der Waals surface area contributed by atoms with Crippen LogP contribution in [-0.2, 0) is 0 Å². The summed E-state index contributed by atoms with van der Waals surface area (Å²) in [7, 11) is 0. The molecule has 0 radical (unpaired) electrons. The second-order valence-electron chi connectivity index (χ2n) is 2.90. The third-order valence-corrected chi connectivity index (χ3v) is 2.27. The van der Waals surface area contributed by atoms with E-state index in [2.05, 4.69) is 17.6 Å². The summed E-state index contributed by atoms with van der Waals surface area (Å²) in [4.78, 5) is 0. The molecule has 1 unspecified atom stereocenters. The predicted octanol–water partition coefficient (Wildman–Crippen LogP) is -0.291. The maximum atomic E-state index is 3.49. The van der Waals surface area contributed by atoms with Crippen molar-refractivity contribution in [2.75, 3.05) is 6.54 Å². The van der Waals surface area contributed by atoms with Gasteiger partial charge in [0.1, 0.15) is 0 Å². The summed E-state index contributed by atoms with van der Waals surface area (Å²) < 4.78 is 0. The Morgan fingerprint density at radius 2 is 2.38 bits per heavy atom. The van der Waals surface area contributed by atoms with Gasteiger partial charge in [0.15, 0.2) is 0 Å². The number of hydrogen-bond acceptors (Lipinski definition) is 2. The van der Waals surface area contributed by atoms with Crippen LogP contribution >= 0.6 is 0 Å². The van der Waals surface area contributed by atoms with Crippen LogP contribution in [0.4, 0.5) is 0 Å². The first-order chi connectivity index (χ1) is 3.86. The Labute approximate surface area is 49.7 Å². The van der Waals surface area contributed by atoms with Gasteiger partial charge in [-0.2, -0.15) is 0 Å². The number of fused-ring (bicyclic) bond motifs is 2. The van der Waals surface area contributed by atoms with Crippen LogP contribution in [-0.4, -0.2) is 24.7 Å². The highest BCUT2D eigenvalue weighted by Gasteiger charge is 2.35. The van der Waals surface area contributed by atoms with Gasteiger partial charge in [-0.05, 0) is 13.3 Å². The zero-order valence-electron chi connectivity index (χ0n) is 5.15. The average Bonchev–Trinajstić information content (AvgIpc) is 2.23. The molecule has 2 aliphatic rings. The van der Waals surface area contributed by atoms with Crippen LogP contribution in [0.15, 0.2) is 0 Å². The lowest BCUT2D eigenvalue weighted by Crippen LogP contribution is -2.46. The van der Waals surface area contributed by atoms with Crippen LogP contribution in [0.25, 0.3) is 0 Å². The van der Waals surface area contributed by atoms with Gasteiger partial charge in [0, 0.05) is 24.7 Å². The van der Waals surface area contributed by atoms with Crippen LogP contribution in [0, 0.1) is 0 Å². The van der Waals surface area contributed by atoms with E-state index in [1.54, 1.807) is 0 Å². The lowest BCUT2D eigenvalue weighted by atomic mass is 10.2. The molecule has 2 fully saturated rings. The minimum absolute atomic E-state index is 0.716. The monoisotopic (exact) mass is 112 g/mol. The van der Waals surface area contributed by atoms with E-state index in [4.69, 9.17) is 0 Å². The van der Waals surface area contributed by atoms with Crippen molar-refractivity contribution in [1.29, 1.82) is 0 Å². The standard InChI is InChI=1S/C6H12N2/c1-4-6-2-5(8-4)3-7-6/h4-8H,2-3H2,1H3/t4?,5-,6-/m0/s1. The second-order valence-corrected chi connectivity index (χ2v) is 2.90. The van der Waals surface area contributed by atoms with Crippen LogP contribution in [0.3, 0.4) is 0 Å². The van der Waals surface area contributed by atoms with E-state index in [-0.39, 0.29) is 0 Å². The lowest BCUT2D eigenvalue weighted by molar-refractivity contribution is 0.435. The first-order valence-electron chi connectivity index (χ1n) is 3.36. The van der Waals surface area contributed by atoms with Gasteiger partial charge in [-0.3, -0.25) is 0 Å². The molecule has 8 heavy (non-hydrogen) atoms. The molecule has 2 nitrogen and oxygen atoms in total. The first kappa shape index (κ1) is 4.77. The normalized spacial score (nSPS) is 52.9. The Hall–Kier alpha value is -0.0800. The van der Waals surface area contributed by atoms with Crippen molar-refractivity contribution in [2.24, 2.45) is 0 Å². The van der Waals surface area contributed by atoms with Crippen molar-refractivity contribution in [3.63, 3.8) is 0 Å². The van der Waals surface area contributed by atoms with Gasteiger partial charge < -0.3 is 10.6 Å². The highest BCUT2D eigenvalue weighted by molar-refractivity contribution is 4.99. The molecule has 0 amide bonds. The molecule has 2 saturated heterocycles. The van der Waals surface area contributed by atoms with Gasteiger partial charge in [0.05, 0.1) is 0 Å². The maximum absolute atomic E-state index is 3.49. The molecule has 3 atom stereocenters. The topological polar surface area (TPSA) is 24.1 Å². The molecule has 2 heteroatoms. The van der Waals surface area contributed by atoms with Gasteiger partial charge in [0.25, 0.3) is 0 Å². The van der Waals surface area contributed by atoms with Crippen molar-refractivity contribution in [2.45, 2.75) is 31.5 Å². The molecular weight excluding hydrogens is 100 g/mol. The SMILES string of the molecule is CC1N[C@@H]2CN[C@H]1C2. The second kappa shape index (κ2) is 1.45. The van der Waals surface area contributed by atoms with E-state index in [1.165, 1.54) is 13.0 Å².